The Bertz CT molecular complexity index is 495. The molecule has 22 heavy (non-hydrogen) atoms. The summed E-state index contributed by atoms with van der Waals surface area (Å²) in [5.74, 6) is 0.220. The molecule has 0 aromatic heterocycles. The summed E-state index contributed by atoms with van der Waals surface area (Å²) in [6, 6.07) is 6.95. The largest absolute Gasteiger partial charge is 0.401 e. The number of hydrogen-bond donors (Lipinski definition) is 1. The van der Waals surface area contributed by atoms with Crippen LogP contribution in [0.3, 0.4) is 0 Å². The van der Waals surface area contributed by atoms with Gasteiger partial charge in [-0.3, -0.25) is 9.69 Å². The zero-order valence-electron chi connectivity index (χ0n) is 12.6. The third-order valence-corrected chi connectivity index (χ3v) is 3.82. The van der Waals surface area contributed by atoms with Gasteiger partial charge in [0.1, 0.15) is 0 Å². The van der Waals surface area contributed by atoms with Gasteiger partial charge in [-0.1, -0.05) is 18.6 Å². The van der Waals surface area contributed by atoms with E-state index in [4.69, 9.17) is 0 Å². The van der Waals surface area contributed by atoms with Crippen LogP contribution in [0.1, 0.15) is 31.7 Å². The molecule has 1 N–H and O–H groups in total. The van der Waals surface area contributed by atoms with Gasteiger partial charge in [0, 0.05) is 25.7 Å². The Hall–Kier alpha value is -1.56. The minimum Gasteiger partial charge on any atom is -0.326 e. The van der Waals surface area contributed by atoms with Crippen molar-refractivity contribution in [2.45, 2.75) is 38.9 Å². The summed E-state index contributed by atoms with van der Waals surface area (Å²) in [7, 11) is 0. The van der Waals surface area contributed by atoms with Crippen molar-refractivity contribution in [2.24, 2.45) is 5.92 Å². The van der Waals surface area contributed by atoms with Crippen LogP contribution in [0.25, 0.3) is 0 Å². The van der Waals surface area contributed by atoms with Gasteiger partial charge < -0.3 is 5.32 Å². The molecule has 1 aromatic rings. The maximum atomic E-state index is 12.7. The molecule has 122 valence electrons. The maximum Gasteiger partial charge on any atom is 0.401 e. The Labute approximate surface area is 128 Å². The van der Waals surface area contributed by atoms with Crippen molar-refractivity contribution in [3.05, 3.63) is 29.8 Å². The molecule has 0 atom stereocenters. The molecule has 1 saturated carbocycles. The van der Waals surface area contributed by atoms with Crippen LogP contribution < -0.4 is 5.32 Å². The quantitative estimate of drug-likeness (QED) is 0.866. The van der Waals surface area contributed by atoms with E-state index in [1.54, 1.807) is 24.3 Å². The second-order valence-electron chi connectivity index (χ2n) is 5.96. The lowest BCUT2D eigenvalue weighted by atomic mass is 9.85. The molecular weight excluding hydrogens is 293 g/mol. The summed E-state index contributed by atoms with van der Waals surface area (Å²) >= 11 is 0. The first-order chi connectivity index (χ1) is 10.3. The summed E-state index contributed by atoms with van der Waals surface area (Å²) < 4.78 is 38.1. The fourth-order valence-corrected chi connectivity index (χ4v) is 2.63. The average Bonchev–Trinajstić information content (AvgIpc) is 2.33. The fraction of sp³-hybridized carbons (Fsp3) is 0.562. The zero-order chi connectivity index (χ0) is 16.2. The number of hydrogen-bond acceptors (Lipinski definition) is 2. The van der Waals surface area contributed by atoms with E-state index in [1.807, 2.05) is 0 Å². The number of halogens is 3. The Balaban J connectivity index is 1.97. The molecule has 2 rings (SSSR count). The Morgan fingerprint density at radius 1 is 1.27 bits per heavy atom. The number of benzene rings is 1. The lowest BCUT2D eigenvalue weighted by Gasteiger charge is -2.32. The third kappa shape index (κ3) is 5.67. The summed E-state index contributed by atoms with van der Waals surface area (Å²) in [5.41, 5.74) is 1.47. The highest BCUT2D eigenvalue weighted by molar-refractivity contribution is 5.88. The standard InChI is InChI=1S/C16H21F3N2O/c1-12(22)20-15-7-5-14(6-8-15)10-21(11-16(17,18)19)9-13-3-2-4-13/h5-8,13H,2-4,9-11H2,1H3,(H,20,22). The lowest BCUT2D eigenvalue weighted by molar-refractivity contribution is -0.149. The van der Waals surface area contributed by atoms with E-state index >= 15 is 0 Å². The number of alkyl halides is 3. The van der Waals surface area contributed by atoms with Crippen LogP contribution in [-0.4, -0.2) is 30.1 Å². The first-order valence-corrected chi connectivity index (χ1v) is 7.47. The van der Waals surface area contributed by atoms with Crippen molar-refractivity contribution in [3.63, 3.8) is 0 Å². The first kappa shape index (κ1) is 16.8. The van der Waals surface area contributed by atoms with Crippen LogP contribution >= 0.6 is 0 Å². The SMILES string of the molecule is CC(=O)Nc1ccc(CN(CC2CCC2)CC(F)(F)F)cc1. The molecule has 0 spiro atoms. The van der Waals surface area contributed by atoms with Crippen molar-refractivity contribution < 1.29 is 18.0 Å². The summed E-state index contributed by atoms with van der Waals surface area (Å²) in [5, 5.41) is 2.64. The summed E-state index contributed by atoms with van der Waals surface area (Å²) in [4.78, 5) is 12.4. The molecule has 6 heteroatoms. The van der Waals surface area contributed by atoms with Gasteiger partial charge in [0.15, 0.2) is 0 Å². The van der Waals surface area contributed by atoms with E-state index in [0.717, 1.165) is 24.8 Å². The molecule has 0 unspecified atom stereocenters. The van der Waals surface area contributed by atoms with Gasteiger partial charge in [0.25, 0.3) is 0 Å². The molecule has 0 aliphatic heterocycles. The van der Waals surface area contributed by atoms with Crippen molar-refractivity contribution >= 4 is 11.6 Å². The van der Waals surface area contributed by atoms with Gasteiger partial charge in [0.2, 0.25) is 5.91 Å². The van der Waals surface area contributed by atoms with Gasteiger partial charge in [-0.2, -0.15) is 13.2 Å². The smallest absolute Gasteiger partial charge is 0.326 e. The number of rotatable bonds is 6. The van der Waals surface area contributed by atoms with E-state index in [0.29, 0.717) is 18.2 Å². The fourth-order valence-electron chi connectivity index (χ4n) is 2.63. The van der Waals surface area contributed by atoms with Gasteiger partial charge in [0.05, 0.1) is 6.54 Å². The van der Waals surface area contributed by atoms with Crippen LogP contribution in [0, 0.1) is 5.92 Å². The van der Waals surface area contributed by atoms with E-state index in [1.165, 1.54) is 11.8 Å². The number of carbonyl (C=O) groups is 1. The molecule has 0 saturated heterocycles. The van der Waals surface area contributed by atoms with E-state index in [2.05, 4.69) is 5.32 Å². The molecular formula is C16H21F3N2O. The number of nitrogens with zero attached hydrogens (tertiary/aromatic N) is 1. The van der Waals surface area contributed by atoms with Crippen LogP contribution in [0.5, 0.6) is 0 Å². The molecule has 1 fully saturated rings. The number of anilines is 1. The number of carbonyl (C=O) groups excluding carboxylic acids is 1. The highest BCUT2D eigenvalue weighted by atomic mass is 19.4. The van der Waals surface area contributed by atoms with Gasteiger partial charge >= 0.3 is 6.18 Å². The van der Waals surface area contributed by atoms with E-state index < -0.39 is 12.7 Å². The molecule has 1 aliphatic carbocycles. The summed E-state index contributed by atoms with van der Waals surface area (Å²) in [6.45, 7) is 1.30. The van der Waals surface area contributed by atoms with Gasteiger partial charge in [-0.25, -0.2) is 0 Å². The van der Waals surface area contributed by atoms with E-state index in [-0.39, 0.29) is 12.5 Å². The predicted octanol–water partition coefficient (Wildman–Crippen LogP) is 3.81. The normalized spacial score (nSPS) is 15.7. The number of nitrogens with one attached hydrogen (secondary N) is 1. The third-order valence-electron chi connectivity index (χ3n) is 3.82. The predicted molar refractivity (Wildman–Crippen MR) is 79.4 cm³/mol. The Morgan fingerprint density at radius 3 is 2.36 bits per heavy atom. The Kier molecular flexibility index (Phi) is 5.45. The molecule has 0 radical (unpaired) electrons. The maximum absolute atomic E-state index is 12.7. The zero-order valence-corrected chi connectivity index (χ0v) is 12.6. The van der Waals surface area contributed by atoms with Crippen LogP contribution in [0.15, 0.2) is 24.3 Å². The molecule has 1 aliphatic rings. The molecule has 1 aromatic carbocycles. The summed E-state index contributed by atoms with van der Waals surface area (Å²) in [6.07, 6.45) is -1.01. The second-order valence-corrected chi connectivity index (χ2v) is 5.96. The molecule has 1 amide bonds. The first-order valence-electron chi connectivity index (χ1n) is 7.47. The van der Waals surface area contributed by atoms with Gasteiger partial charge in [-0.05, 0) is 36.5 Å². The van der Waals surface area contributed by atoms with Crippen LogP contribution in [0.4, 0.5) is 18.9 Å². The van der Waals surface area contributed by atoms with Crippen molar-refractivity contribution in [1.29, 1.82) is 0 Å². The second kappa shape index (κ2) is 7.13. The van der Waals surface area contributed by atoms with E-state index in [9.17, 15) is 18.0 Å². The topological polar surface area (TPSA) is 32.3 Å². The van der Waals surface area contributed by atoms with Gasteiger partial charge in [-0.15, -0.1) is 0 Å². The van der Waals surface area contributed by atoms with Crippen molar-refractivity contribution in [3.8, 4) is 0 Å². The molecule has 0 heterocycles. The highest BCUT2D eigenvalue weighted by Crippen LogP contribution is 2.29. The highest BCUT2D eigenvalue weighted by Gasteiger charge is 2.32. The molecule has 0 bridgehead atoms. The Morgan fingerprint density at radius 2 is 1.91 bits per heavy atom. The monoisotopic (exact) mass is 314 g/mol. The molecule has 3 nitrogen and oxygen atoms in total. The number of amides is 1. The minimum absolute atomic E-state index is 0.170. The van der Waals surface area contributed by atoms with Crippen LogP contribution in [-0.2, 0) is 11.3 Å². The van der Waals surface area contributed by atoms with Crippen molar-refractivity contribution in [2.75, 3.05) is 18.4 Å². The minimum atomic E-state index is -4.18. The lowest BCUT2D eigenvalue weighted by Crippen LogP contribution is -2.38. The average molecular weight is 314 g/mol. The van der Waals surface area contributed by atoms with Crippen LogP contribution in [0.2, 0.25) is 0 Å². The van der Waals surface area contributed by atoms with Crippen molar-refractivity contribution in [1.82, 2.24) is 4.90 Å².